The first kappa shape index (κ1) is 13.4. The van der Waals surface area contributed by atoms with Gasteiger partial charge in [-0.1, -0.05) is 15.9 Å². The van der Waals surface area contributed by atoms with E-state index in [1.807, 2.05) is 12.1 Å². The summed E-state index contributed by atoms with van der Waals surface area (Å²) < 4.78 is 12.9. The summed E-state index contributed by atoms with van der Waals surface area (Å²) in [6.45, 7) is 0. The highest BCUT2D eigenvalue weighted by molar-refractivity contribution is 9.10. The van der Waals surface area contributed by atoms with E-state index in [-0.39, 0.29) is 10.8 Å². The molecular formula is C11H8BrNO3S2. The van der Waals surface area contributed by atoms with Crippen LogP contribution in [0.3, 0.4) is 0 Å². The van der Waals surface area contributed by atoms with Crippen LogP contribution in [-0.4, -0.2) is 20.3 Å². The van der Waals surface area contributed by atoms with Gasteiger partial charge in [0, 0.05) is 14.7 Å². The van der Waals surface area contributed by atoms with E-state index in [0.717, 1.165) is 15.8 Å². The standard InChI is InChI=1S/C11H8BrNO3S2/c12-7-1-3-9(4-2-7)18(16)6-8-5-17-10(13-8)11(14)15/h1-5H,6H2,(H,14,15). The van der Waals surface area contributed by atoms with Crippen molar-refractivity contribution in [1.82, 2.24) is 4.98 Å². The molecule has 0 aliphatic carbocycles. The van der Waals surface area contributed by atoms with E-state index in [1.165, 1.54) is 0 Å². The van der Waals surface area contributed by atoms with Crippen LogP contribution in [0.1, 0.15) is 15.5 Å². The van der Waals surface area contributed by atoms with Gasteiger partial charge in [-0.05, 0) is 24.3 Å². The predicted octanol–water partition coefficient (Wildman–Crippen LogP) is 2.91. The first-order valence-electron chi connectivity index (χ1n) is 4.88. The number of aromatic carboxylic acids is 1. The van der Waals surface area contributed by atoms with Crippen molar-refractivity contribution < 1.29 is 14.1 Å². The Bertz CT molecular complexity index is 595. The highest BCUT2D eigenvalue weighted by atomic mass is 79.9. The minimum absolute atomic E-state index is 0.0257. The lowest BCUT2D eigenvalue weighted by Crippen LogP contribution is -1.99. The lowest BCUT2D eigenvalue weighted by atomic mass is 10.4. The van der Waals surface area contributed by atoms with Crippen LogP contribution >= 0.6 is 27.3 Å². The largest absolute Gasteiger partial charge is 0.476 e. The summed E-state index contributed by atoms with van der Waals surface area (Å²) in [7, 11) is -1.21. The second-order valence-electron chi connectivity index (χ2n) is 3.39. The van der Waals surface area contributed by atoms with Gasteiger partial charge < -0.3 is 5.11 Å². The molecule has 18 heavy (non-hydrogen) atoms. The second kappa shape index (κ2) is 5.73. The van der Waals surface area contributed by atoms with Crippen LogP contribution < -0.4 is 0 Å². The van der Waals surface area contributed by atoms with Crippen LogP contribution in [0.25, 0.3) is 0 Å². The van der Waals surface area contributed by atoms with E-state index >= 15 is 0 Å². The Hall–Kier alpha value is -1.05. The molecule has 7 heteroatoms. The molecule has 0 radical (unpaired) electrons. The third kappa shape index (κ3) is 3.24. The van der Waals surface area contributed by atoms with Crippen LogP contribution in [0.2, 0.25) is 0 Å². The second-order valence-corrected chi connectivity index (χ2v) is 6.62. The van der Waals surface area contributed by atoms with Gasteiger partial charge in [-0.25, -0.2) is 9.78 Å². The molecular weight excluding hydrogens is 338 g/mol. The van der Waals surface area contributed by atoms with E-state index in [2.05, 4.69) is 20.9 Å². The van der Waals surface area contributed by atoms with Gasteiger partial charge in [-0.3, -0.25) is 4.21 Å². The van der Waals surface area contributed by atoms with Crippen molar-refractivity contribution in [3.63, 3.8) is 0 Å². The molecule has 4 nitrogen and oxygen atoms in total. The number of carboxylic acid groups (broad SMARTS) is 1. The molecule has 0 spiro atoms. The number of aromatic nitrogens is 1. The van der Waals surface area contributed by atoms with E-state index in [0.29, 0.717) is 10.6 Å². The Morgan fingerprint density at radius 2 is 2.06 bits per heavy atom. The van der Waals surface area contributed by atoms with E-state index in [1.54, 1.807) is 17.5 Å². The highest BCUT2D eigenvalue weighted by Gasteiger charge is 2.12. The molecule has 1 heterocycles. The summed E-state index contributed by atoms with van der Waals surface area (Å²) >= 11 is 4.35. The fraction of sp³-hybridized carbons (Fsp3) is 0.0909. The van der Waals surface area contributed by atoms with E-state index in [4.69, 9.17) is 5.11 Å². The summed E-state index contributed by atoms with van der Waals surface area (Å²) in [6, 6.07) is 7.17. The molecule has 2 rings (SSSR count). The van der Waals surface area contributed by atoms with Gasteiger partial charge >= 0.3 is 5.97 Å². The van der Waals surface area contributed by atoms with Gasteiger partial charge in [-0.15, -0.1) is 11.3 Å². The number of halogens is 1. The molecule has 1 atom stereocenters. The minimum atomic E-state index is -1.21. The highest BCUT2D eigenvalue weighted by Crippen LogP contribution is 2.17. The molecule has 1 aromatic carbocycles. The summed E-state index contributed by atoms with van der Waals surface area (Å²) in [6.07, 6.45) is 0. The molecule has 0 fully saturated rings. The molecule has 0 aliphatic rings. The summed E-state index contributed by atoms with van der Waals surface area (Å²) in [4.78, 5) is 15.3. The molecule has 1 aromatic heterocycles. The zero-order valence-corrected chi connectivity index (χ0v) is 12.2. The fourth-order valence-corrected chi connectivity index (χ4v) is 3.32. The zero-order chi connectivity index (χ0) is 13.1. The summed E-state index contributed by atoms with van der Waals surface area (Å²) in [5.74, 6) is -0.827. The Labute approximate surface area is 118 Å². The van der Waals surface area contributed by atoms with Crippen molar-refractivity contribution in [3.8, 4) is 0 Å². The molecule has 0 amide bonds. The Kier molecular flexibility index (Phi) is 4.26. The maximum Gasteiger partial charge on any atom is 0.365 e. The third-order valence-corrected chi connectivity index (χ3v) is 4.85. The topological polar surface area (TPSA) is 67.3 Å². The predicted molar refractivity (Wildman–Crippen MR) is 73.3 cm³/mol. The van der Waals surface area contributed by atoms with E-state index in [9.17, 15) is 9.00 Å². The van der Waals surface area contributed by atoms with Gasteiger partial charge in [0.25, 0.3) is 0 Å². The van der Waals surface area contributed by atoms with Gasteiger partial charge in [0.15, 0.2) is 0 Å². The van der Waals surface area contributed by atoms with Gasteiger partial charge in [0.1, 0.15) is 0 Å². The van der Waals surface area contributed by atoms with Gasteiger partial charge in [0.05, 0.1) is 22.2 Å². The maximum absolute atomic E-state index is 12.0. The van der Waals surface area contributed by atoms with Crippen molar-refractivity contribution in [2.45, 2.75) is 10.6 Å². The van der Waals surface area contributed by atoms with Crippen LogP contribution in [0, 0.1) is 0 Å². The Balaban J connectivity index is 2.11. The Morgan fingerprint density at radius 3 is 2.61 bits per heavy atom. The number of hydrogen-bond donors (Lipinski definition) is 1. The first-order valence-corrected chi connectivity index (χ1v) is 7.87. The lowest BCUT2D eigenvalue weighted by molar-refractivity contribution is 0.0696. The smallest absolute Gasteiger partial charge is 0.365 e. The molecule has 1 unspecified atom stereocenters. The number of benzene rings is 1. The van der Waals surface area contributed by atoms with Crippen molar-refractivity contribution in [3.05, 3.63) is 44.8 Å². The molecule has 0 bridgehead atoms. The first-order chi connectivity index (χ1) is 8.56. The average molecular weight is 346 g/mol. The number of carbonyl (C=O) groups is 1. The lowest BCUT2D eigenvalue weighted by Gasteiger charge is -2.00. The molecule has 94 valence electrons. The quantitative estimate of drug-likeness (QED) is 0.924. The number of nitrogens with zero attached hydrogens (tertiary/aromatic N) is 1. The van der Waals surface area contributed by atoms with Crippen molar-refractivity contribution in [2.24, 2.45) is 0 Å². The third-order valence-electron chi connectivity index (χ3n) is 2.09. The van der Waals surface area contributed by atoms with Crippen LogP contribution in [0.4, 0.5) is 0 Å². The number of rotatable bonds is 4. The van der Waals surface area contributed by atoms with Crippen LogP contribution in [0.15, 0.2) is 39.0 Å². The summed E-state index contributed by atoms with van der Waals surface area (Å²) in [5.41, 5.74) is 0.540. The zero-order valence-electron chi connectivity index (χ0n) is 9.00. The van der Waals surface area contributed by atoms with Gasteiger partial charge in [0.2, 0.25) is 5.01 Å². The van der Waals surface area contributed by atoms with Crippen LogP contribution in [0.5, 0.6) is 0 Å². The fourth-order valence-electron chi connectivity index (χ4n) is 1.28. The van der Waals surface area contributed by atoms with E-state index < -0.39 is 16.8 Å². The summed E-state index contributed by atoms with van der Waals surface area (Å²) in [5, 5.41) is 10.4. The van der Waals surface area contributed by atoms with Gasteiger partial charge in [-0.2, -0.15) is 0 Å². The number of hydrogen-bond acceptors (Lipinski definition) is 4. The molecule has 0 aliphatic heterocycles. The number of thiazole rings is 1. The monoisotopic (exact) mass is 345 g/mol. The molecule has 1 N–H and O–H groups in total. The van der Waals surface area contributed by atoms with Crippen molar-refractivity contribution >= 4 is 44.0 Å². The molecule has 0 saturated heterocycles. The van der Waals surface area contributed by atoms with Crippen molar-refractivity contribution in [2.75, 3.05) is 0 Å². The van der Waals surface area contributed by atoms with Crippen molar-refractivity contribution in [1.29, 1.82) is 0 Å². The number of carboxylic acids is 1. The van der Waals surface area contributed by atoms with Crippen LogP contribution in [-0.2, 0) is 16.6 Å². The SMILES string of the molecule is O=C(O)c1nc(CS(=O)c2ccc(Br)cc2)cs1. The maximum atomic E-state index is 12.0. The molecule has 2 aromatic rings. The molecule has 0 saturated carbocycles. The minimum Gasteiger partial charge on any atom is -0.476 e. The normalized spacial score (nSPS) is 12.3. The Morgan fingerprint density at radius 1 is 1.39 bits per heavy atom. The average Bonchev–Trinajstić information content (AvgIpc) is 2.78.